The number of likely N-dealkylation sites (tertiary alicyclic amines) is 1. The number of piperidine rings is 1. The van der Waals surface area contributed by atoms with E-state index in [1.54, 1.807) is 12.4 Å². The standard InChI is InChI=1S/C20H24N4O2/c1-15-4-2-6-17(22-15)13-23-9-7-19-18(14-23)24(10-11-26-19)20(25)16-5-3-8-21-12-16/h2-6,8,12,18-19H,7,9-11,13-14H2,1H3/t18-,19-/m0/s1. The van der Waals surface area contributed by atoms with E-state index in [1.165, 1.54) is 0 Å². The quantitative estimate of drug-likeness (QED) is 0.844. The molecule has 2 aromatic rings. The SMILES string of the molecule is Cc1cccc(CN2CC[C@@H]3OCCN(C(=O)c4cccnc4)[C@H]3C2)n1. The van der Waals surface area contributed by atoms with Crippen LogP contribution in [0.25, 0.3) is 0 Å². The summed E-state index contributed by atoms with van der Waals surface area (Å²) in [5.74, 6) is 0.0481. The lowest BCUT2D eigenvalue weighted by Gasteiger charge is -2.47. The Kier molecular flexibility index (Phi) is 4.95. The van der Waals surface area contributed by atoms with Crippen LogP contribution in [0.15, 0.2) is 42.7 Å². The molecular formula is C20H24N4O2. The van der Waals surface area contributed by atoms with Crippen molar-refractivity contribution in [1.82, 2.24) is 19.8 Å². The first-order valence-electron chi connectivity index (χ1n) is 9.18. The largest absolute Gasteiger partial charge is 0.374 e. The minimum Gasteiger partial charge on any atom is -0.374 e. The van der Waals surface area contributed by atoms with Gasteiger partial charge in [-0.05, 0) is 37.6 Å². The Morgan fingerprint density at radius 2 is 2.19 bits per heavy atom. The Morgan fingerprint density at radius 3 is 3.00 bits per heavy atom. The highest BCUT2D eigenvalue weighted by Crippen LogP contribution is 2.25. The van der Waals surface area contributed by atoms with Gasteiger partial charge in [-0.2, -0.15) is 0 Å². The van der Waals surface area contributed by atoms with E-state index in [0.717, 1.165) is 37.4 Å². The normalized spacial score (nSPS) is 23.5. The second kappa shape index (κ2) is 7.51. The van der Waals surface area contributed by atoms with Gasteiger partial charge >= 0.3 is 0 Å². The van der Waals surface area contributed by atoms with E-state index in [0.29, 0.717) is 18.7 Å². The third-order valence-corrected chi connectivity index (χ3v) is 5.17. The maximum absolute atomic E-state index is 13.0. The minimum absolute atomic E-state index is 0.0481. The second-order valence-electron chi connectivity index (χ2n) is 7.01. The topological polar surface area (TPSA) is 58.6 Å². The van der Waals surface area contributed by atoms with Gasteiger partial charge < -0.3 is 9.64 Å². The maximum Gasteiger partial charge on any atom is 0.255 e. The number of nitrogens with zero attached hydrogens (tertiary/aromatic N) is 4. The van der Waals surface area contributed by atoms with Crippen LogP contribution in [-0.2, 0) is 11.3 Å². The van der Waals surface area contributed by atoms with Crippen molar-refractivity contribution in [1.29, 1.82) is 0 Å². The Hall–Kier alpha value is -2.31. The lowest BCUT2D eigenvalue weighted by Crippen LogP contribution is -2.61. The molecule has 0 saturated carbocycles. The minimum atomic E-state index is 0.0481. The van der Waals surface area contributed by atoms with Gasteiger partial charge in [0.1, 0.15) is 0 Å². The van der Waals surface area contributed by atoms with Gasteiger partial charge in [-0.25, -0.2) is 0 Å². The predicted octanol–water partition coefficient (Wildman–Crippen LogP) is 1.90. The molecule has 2 aliphatic heterocycles. The highest BCUT2D eigenvalue weighted by Gasteiger charge is 2.39. The van der Waals surface area contributed by atoms with Crippen molar-refractivity contribution in [2.24, 2.45) is 0 Å². The third-order valence-electron chi connectivity index (χ3n) is 5.17. The van der Waals surface area contributed by atoms with Crippen molar-refractivity contribution >= 4 is 5.91 Å². The van der Waals surface area contributed by atoms with Crippen LogP contribution in [0.5, 0.6) is 0 Å². The first-order chi connectivity index (χ1) is 12.7. The van der Waals surface area contributed by atoms with E-state index in [-0.39, 0.29) is 18.1 Å². The number of aryl methyl sites for hydroxylation is 1. The van der Waals surface area contributed by atoms with Gasteiger partial charge in [0.2, 0.25) is 0 Å². The molecule has 2 saturated heterocycles. The summed E-state index contributed by atoms with van der Waals surface area (Å²) in [6, 6.07) is 9.84. The first kappa shape index (κ1) is 17.1. The molecule has 0 aliphatic carbocycles. The Labute approximate surface area is 153 Å². The van der Waals surface area contributed by atoms with Crippen LogP contribution in [-0.4, -0.2) is 64.1 Å². The van der Waals surface area contributed by atoms with Crippen LogP contribution in [0, 0.1) is 6.92 Å². The van der Waals surface area contributed by atoms with Crippen LogP contribution in [0.1, 0.15) is 28.2 Å². The number of aromatic nitrogens is 2. The van der Waals surface area contributed by atoms with Crippen LogP contribution in [0.2, 0.25) is 0 Å². The van der Waals surface area contributed by atoms with Crippen LogP contribution < -0.4 is 0 Å². The maximum atomic E-state index is 13.0. The van der Waals surface area contributed by atoms with Crippen molar-refractivity contribution in [3.8, 4) is 0 Å². The summed E-state index contributed by atoms with van der Waals surface area (Å²) in [7, 11) is 0. The number of amides is 1. The van der Waals surface area contributed by atoms with E-state index in [9.17, 15) is 4.79 Å². The van der Waals surface area contributed by atoms with Crippen molar-refractivity contribution in [3.63, 3.8) is 0 Å². The molecule has 0 aromatic carbocycles. The molecule has 1 amide bonds. The zero-order valence-corrected chi connectivity index (χ0v) is 15.0. The smallest absolute Gasteiger partial charge is 0.255 e. The zero-order chi connectivity index (χ0) is 17.9. The molecule has 2 aromatic heterocycles. The van der Waals surface area contributed by atoms with Crippen molar-refractivity contribution in [3.05, 3.63) is 59.7 Å². The Bertz CT molecular complexity index is 767. The predicted molar refractivity (Wildman–Crippen MR) is 97.7 cm³/mol. The van der Waals surface area contributed by atoms with Gasteiger partial charge in [0.25, 0.3) is 5.91 Å². The molecule has 2 fully saturated rings. The molecule has 0 radical (unpaired) electrons. The summed E-state index contributed by atoms with van der Waals surface area (Å²) >= 11 is 0. The highest BCUT2D eigenvalue weighted by atomic mass is 16.5. The van der Waals surface area contributed by atoms with Crippen LogP contribution >= 0.6 is 0 Å². The molecular weight excluding hydrogens is 328 g/mol. The van der Waals surface area contributed by atoms with Gasteiger partial charge in [0, 0.05) is 44.3 Å². The van der Waals surface area contributed by atoms with E-state index in [4.69, 9.17) is 4.74 Å². The Balaban J connectivity index is 1.49. The average molecular weight is 352 g/mol. The van der Waals surface area contributed by atoms with Gasteiger partial charge in [-0.1, -0.05) is 6.07 Å². The average Bonchev–Trinajstić information content (AvgIpc) is 2.68. The molecule has 4 heterocycles. The second-order valence-corrected chi connectivity index (χ2v) is 7.01. The Morgan fingerprint density at radius 1 is 1.27 bits per heavy atom. The number of hydrogen-bond donors (Lipinski definition) is 0. The van der Waals surface area contributed by atoms with Gasteiger partial charge in [0.05, 0.1) is 30.0 Å². The summed E-state index contributed by atoms with van der Waals surface area (Å²) in [5.41, 5.74) is 2.75. The number of fused-ring (bicyclic) bond motifs is 1. The molecule has 2 aliphatic rings. The number of rotatable bonds is 3. The fourth-order valence-electron chi connectivity index (χ4n) is 3.91. The number of hydrogen-bond acceptors (Lipinski definition) is 5. The molecule has 136 valence electrons. The highest BCUT2D eigenvalue weighted by molar-refractivity contribution is 5.94. The van der Waals surface area contributed by atoms with E-state index >= 15 is 0 Å². The third kappa shape index (κ3) is 3.61. The van der Waals surface area contributed by atoms with Crippen molar-refractivity contribution < 1.29 is 9.53 Å². The van der Waals surface area contributed by atoms with Gasteiger partial charge in [0.15, 0.2) is 0 Å². The number of ether oxygens (including phenoxy) is 1. The molecule has 4 rings (SSSR count). The lowest BCUT2D eigenvalue weighted by molar-refractivity contribution is -0.0915. The molecule has 0 spiro atoms. The monoisotopic (exact) mass is 352 g/mol. The van der Waals surface area contributed by atoms with Crippen LogP contribution in [0.3, 0.4) is 0 Å². The first-order valence-corrected chi connectivity index (χ1v) is 9.18. The number of carbonyl (C=O) groups is 1. The molecule has 6 nitrogen and oxygen atoms in total. The van der Waals surface area contributed by atoms with Gasteiger partial charge in [-0.3, -0.25) is 19.7 Å². The summed E-state index contributed by atoms with van der Waals surface area (Å²) in [4.78, 5) is 26.0. The fraction of sp³-hybridized carbons (Fsp3) is 0.450. The summed E-state index contributed by atoms with van der Waals surface area (Å²) in [5, 5.41) is 0. The van der Waals surface area contributed by atoms with Crippen molar-refractivity contribution in [2.75, 3.05) is 26.2 Å². The van der Waals surface area contributed by atoms with E-state index < -0.39 is 0 Å². The molecule has 0 bridgehead atoms. The fourth-order valence-corrected chi connectivity index (χ4v) is 3.91. The van der Waals surface area contributed by atoms with Crippen molar-refractivity contribution in [2.45, 2.75) is 32.0 Å². The summed E-state index contributed by atoms with van der Waals surface area (Å²) in [6.07, 6.45) is 4.39. The molecule has 2 atom stereocenters. The number of morpholine rings is 1. The van der Waals surface area contributed by atoms with Crippen LogP contribution in [0.4, 0.5) is 0 Å². The molecule has 6 heteroatoms. The zero-order valence-electron chi connectivity index (χ0n) is 15.0. The molecule has 0 unspecified atom stereocenters. The molecule has 26 heavy (non-hydrogen) atoms. The molecule has 0 N–H and O–H groups in total. The lowest BCUT2D eigenvalue weighted by atomic mass is 9.97. The number of pyridine rings is 2. The summed E-state index contributed by atoms with van der Waals surface area (Å²) in [6.45, 7) is 5.83. The number of carbonyl (C=O) groups excluding carboxylic acids is 1. The summed E-state index contributed by atoms with van der Waals surface area (Å²) < 4.78 is 5.96. The van der Waals surface area contributed by atoms with Gasteiger partial charge in [-0.15, -0.1) is 0 Å². The van der Waals surface area contributed by atoms with E-state index in [2.05, 4.69) is 20.9 Å². The van der Waals surface area contributed by atoms with E-state index in [1.807, 2.05) is 36.1 Å².